The molecular weight excluding hydrogens is 631 g/mol. The van der Waals surface area contributed by atoms with E-state index in [2.05, 4.69) is 20.4 Å². The quantitative estimate of drug-likeness (QED) is 0.224. The predicted octanol–water partition coefficient (Wildman–Crippen LogP) is 4.72. The number of aryl methyl sites for hydroxylation is 1. The second-order valence-electron chi connectivity index (χ2n) is 12.2. The van der Waals surface area contributed by atoms with E-state index in [0.29, 0.717) is 67.1 Å². The molecule has 15 heteroatoms. The van der Waals surface area contributed by atoms with Crippen molar-refractivity contribution in [2.45, 2.75) is 44.5 Å². The van der Waals surface area contributed by atoms with Crippen LogP contribution < -0.4 is 20.7 Å². The van der Waals surface area contributed by atoms with Crippen LogP contribution in [-0.2, 0) is 9.53 Å². The Hall–Kier alpha value is -5.18. The number of nitrogens with two attached hydrogens (primary N) is 1. The second-order valence-corrected chi connectivity index (χ2v) is 12.2. The van der Waals surface area contributed by atoms with Gasteiger partial charge in [-0.25, -0.2) is 9.48 Å². The number of piperidine rings is 1. The zero-order valence-corrected chi connectivity index (χ0v) is 26.2. The SMILES string of the molecule is COC(=O)c1ccc(-c2ccc(-n3ccc(C)n3)c(C(Oc3cc(N4CCC5(CC4)CNC(C(=O)O)C5)nc(N)n3)C(F)(F)F)c2)cc1. The molecule has 2 aliphatic heterocycles. The van der Waals surface area contributed by atoms with E-state index in [1.165, 1.54) is 42.1 Å². The third kappa shape index (κ3) is 6.76. The van der Waals surface area contributed by atoms with E-state index in [1.807, 2.05) is 4.90 Å². The Morgan fingerprint density at radius 1 is 1.06 bits per heavy atom. The highest BCUT2D eigenvalue weighted by atomic mass is 19.4. The molecule has 4 heterocycles. The van der Waals surface area contributed by atoms with E-state index in [1.54, 1.807) is 37.4 Å². The smallest absolute Gasteiger partial charge is 0.429 e. The number of aliphatic carboxylic acids is 1. The molecule has 1 spiro atoms. The second kappa shape index (κ2) is 12.8. The molecular formula is C33H34F3N7O5. The van der Waals surface area contributed by atoms with Gasteiger partial charge in [0.1, 0.15) is 11.9 Å². The maximum atomic E-state index is 15.0. The Kier molecular flexibility index (Phi) is 8.72. The molecule has 2 aliphatic rings. The number of nitrogens with zero attached hydrogens (tertiary/aromatic N) is 5. The number of halogens is 3. The van der Waals surface area contributed by atoms with E-state index in [-0.39, 0.29) is 28.5 Å². The van der Waals surface area contributed by atoms with Crippen molar-refractivity contribution in [1.82, 2.24) is 25.1 Å². The van der Waals surface area contributed by atoms with Crippen LogP contribution in [0, 0.1) is 12.3 Å². The van der Waals surface area contributed by atoms with Crippen molar-refractivity contribution < 1.29 is 37.3 Å². The molecule has 2 aromatic carbocycles. The van der Waals surface area contributed by atoms with Crippen LogP contribution in [-0.4, -0.2) is 75.8 Å². The Morgan fingerprint density at radius 2 is 1.77 bits per heavy atom. The molecule has 12 nitrogen and oxygen atoms in total. The van der Waals surface area contributed by atoms with E-state index in [4.69, 9.17) is 15.2 Å². The molecule has 0 amide bonds. The fourth-order valence-electron chi connectivity index (χ4n) is 6.38. The third-order valence-electron chi connectivity index (χ3n) is 8.97. The summed E-state index contributed by atoms with van der Waals surface area (Å²) in [5.41, 5.74) is 7.66. The van der Waals surface area contributed by atoms with Gasteiger partial charge in [-0.15, -0.1) is 0 Å². The van der Waals surface area contributed by atoms with Crippen molar-refractivity contribution in [3.63, 3.8) is 0 Å². The summed E-state index contributed by atoms with van der Waals surface area (Å²) in [7, 11) is 1.26. The van der Waals surface area contributed by atoms with Crippen molar-refractivity contribution >= 4 is 23.7 Å². The lowest BCUT2D eigenvalue weighted by atomic mass is 9.76. The molecule has 4 aromatic rings. The maximum Gasteiger partial charge on any atom is 0.429 e. The molecule has 6 rings (SSSR count). The number of aromatic nitrogens is 4. The van der Waals surface area contributed by atoms with Gasteiger partial charge in [0.05, 0.1) is 24.1 Å². The van der Waals surface area contributed by atoms with Gasteiger partial charge in [-0.3, -0.25) is 4.79 Å². The van der Waals surface area contributed by atoms with Crippen LogP contribution >= 0.6 is 0 Å². The van der Waals surface area contributed by atoms with Crippen molar-refractivity contribution in [3.05, 3.63) is 77.6 Å². The normalized spacial score (nSPS) is 18.1. The minimum atomic E-state index is -4.89. The summed E-state index contributed by atoms with van der Waals surface area (Å²) in [5.74, 6) is -1.71. The highest BCUT2D eigenvalue weighted by Crippen LogP contribution is 2.43. The molecule has 2 saturated heterocycles. The number of carboxylic acid groups (broad SMARTS) is 1. The van der Waals surface area contributed by atoms with Gasteiger partial charge in [0.15, 0.2) is 0 Å². The number of rotatable bonds is 8. The third-order valence-corrected chi connectivity index (χ3v) is 8.97. The number of hydrogen-bond acceptors (Lipinski definition) is 10. The summed E-state index contributed by atoms with van der Waals surface area (Å²) >= 11 is 0. The fraction of sp³-hybridized carbons (Fsp3) is 0.364. The van der Waals surface area contributed by atoms with Gasteiger partial charge in [0, 0.05) is 37.5 Å². The zero-order chi connectivity index (χ0) is 34.2. The summed E-state index contributed by atoms with van der Waals surface area (Å²) in [4.78, 5) is 33.6. The lowest BCUT2D eigenvalue weighted by molar-refractivity contribution is -0.198. The van der Waals surface area contributed by atoms with Crippen LogP contribution in [0.15, 0.2) is 60.8 Å². The highest BCUT2D eigenvalue weighted by Gasteiger charge is 2.46. The number of carboxylic acids is 1. The molecule has 2 aromatic heterocycles. The predicted molar refractivity (Wildman–Crippen MR) is 169 cm³/mol. The molecule has 0 saturated carbocycles. The van der Waals surface area contributed by atoms with Gasteiger partial charge >= 0.3 is 18.1 Å². The summed E-state index contributed by atoms with van der Waals surface area (Å²) in [5, 5.41) is 16.8. The van der Waals surface area contributed by atoms with E-state index in [0.717, 1.165) is 0 Å². The number of esters is 1. The van der Waals surface area contributed by atoms with Gasteiger partial charge in [0.25, 0.3) is 0 Å². The topological polar surface area (TPSA) is 158 Å². The lowest BCUT2D eigenvalue weighted by Crippen LogP contribution is -2.41. The van der Waals surface area contributed by atoms with E-state index >= 15 is 0 Å². The van der Waals surface area contributed by atoms with Gasteiger partial charge in [-0.2, -0.15) is 28.2 Å². The van der Waals surface area contributed by atoms with Crippen molar-refractivity contribution in [3.8, 4) is 22.7 Å². The molecule has 252 valence electrons. The Morgan fingerprint density at radius 3 is 2.38 bits per heavy atom. The number of alkyl halides is 3. The average molecular weight is 666 g/mol. The Balaban J connectivity index is 1.32. The molecule has 2 unspecified atom stereocenters. The monoisotopic (exact) mass is 665 g/mol. The first-order valence-corrected chi connectivity index (χ1v) is 15.3. The minimum absolute atomic E-state index is 0.147. The van der Waals surface area contributed by atoms with Crippen LogP contribution in [0.3, 0.4) is 0 Å². The van der Waals surface area contributed by atoms with Crippen LogP contribution in [0.5, 0.6) is 5.88 Å². The zero-order valence-electron chi connectivity index (χ0n) is 26.2. The number of carbonyl (C=O) groups is 2. The van der Waals surface area contributed by atoms with Crippen molar-refractivity contribution in [2.24, 2.45) is 5.41 Å². The highest BCUT2D eigenvalue weighted by molar-refractivity contribution is 5.90. The lowest BCUT2D eigenvalue weighted by Gasteiger charge is -2.39. The summed E-state index contributed by atoms with van der Waals surface area (Å²) in [6, 6.07) is 13.3. The number of anilines is 2. The molecule has 0 bridgehead atoms. The van der Waals surface area contributed by atoms with Gasteiger partial charge in [-0.05, 0) is 73.1 Å². The largest absolute Gasteiger partial charge is 0.480 e. The average Bonchev–Trinajstić information content (AvgIpc) is 3.69. The molecule has 4 N–H and O–H groups in total. The number of nitrogen functional groups attached to an aromatic ring is 1. The Bertz CT molecular complexity index is 1820. The van der Waals surface area contributed by atoms with Gasteiger partial charge in [-0.1, -0.05) is 18.2 Å². The number of hydrogen-bond donors (Lipinski definition) is 3. The minimum Gasteiger partial charge on any atom is -0.480 e. The van der Waals surface area contributed by atoms with Crippen molar-refractivity contribution in [2.75, 3.05) is 37.4 Å². The first-order chi connectivity index (χ1) is 22.8. The van der Waals surface area contributed by atoms with Gasteiger partial charge in [0.2, 0.25) is 17.9 Å². The Labute approximate surface area is 273 Å². The standard InChI is InChI=1S/C33H34F3N7O5/c1-19-9-12-43(41-19)25-8-7-22(20-3-5-21(6-4-20)30(46)47-2)15-23(25)28(33(34,35)36)48-27-16-26(39-31(37)40-27)42-13-10-32(11-14-42)17-24(29(44)45)38-18-32/h3-9,12,15-16,24,28,38H,10-11,13-14,17-18H2,1-2H3,(H,44,45)(H2,37,39,40). The molecule has 48 heavy (non-hydrogen) atoms. The maximum absolute atomic E-state index is 15.0. The van der Waals surface area contributed by atoms with Crippen LogP contribution in [0.1, 0.15) is 47.0 Å². The first kappa shape index (κ1) is 32.7. The number of carbonyl (C=O) groups excluding carboxylic acids is 1. The van der Waals surface area contributed by atoms with Crippen molar-refractivity contribution in [1.29, 1.82) is 0 Å². The molecule has 2 fully saturated rings. The van der Waals surface area contributed by atoms with E-state index in [9.17, 15) is 27.9 Å². The summed E-state index contributed by atoms with van der Waals surface area (Å²) < 4.78 is 56.7. The summed E-state index contributed by atoms with van der Waals surface area (Å²) in [6.07, 6.45) is -3.94. The van der Waals surface area contributed by atoms with E-state index < -0.39 is 30.3 Å². The van der Waals surface area contributed by atoms with Gasteiger partial charge < -0.3 is 30.5 Å². The number of benzene rings is 2. The number of nitrogens with one attached hydrogen (secondary N) is 1. The molecule has 0 aliphatic carbocycles. The van der Waals surface area contributed by atoms with Crippen LogP contribution in [0.2, 0.25) is 0 Å². The van der Waals surface area contributed by atoms with Crippen LogP contribution in [0.4, 0.5) is 24.9 Å². The first-order valence-electron chi connectivity index (χ1n) is 15.3. The summed E-state index contributed by atoms with van der Waals surface area (Å²) in [6.45, 7) is 3.32. The fourth-order valence-corrected chi connectivity index (χ4v) is 6.38. The number of methoxy groups -OCH3 is 1. The number of ether oxygens (including phenoxy) is 2. The molecule has 0 radical (unpaired) electrons. The molecule has 2 atom stereocenters. The van der Waals surface area contributed by atoms with Crippen LogP contribution in [0.25, 0.3) is 16.8 Å².